The number of para-hydroxylation sites is 1. The maximum absolute atomic E-state index is 5.59. The molecule has 0 radical (unpaired) electrons. The molecule has 0 amide bonds. The van der Waals surface area contributed by atoms with Crippen LogP contribution in [-0.4, -0.2) is 26.1 Å². The van der Waals surface area contributed by atoms with Gasteiger partial charge in [0.25, 0.3) is 0 Å². The van der Waals surface area contributed by atoms with Crippen molar-refractivity contribution >= 4 is 10.9 Å². The summed E-state index contributed by atoms with van der Waals surface area (Å²) in [5, 5.41) is 1.15. The molecule has 2 N–H and O–H groups in total. The van der Waals surface area contributed by atoms with Gasteiger partial charge in [0.15, 0.2) is 5.82 Å². The summed E-state index contributed by atoms with van der Waals surface area (Å²) in [6.45, 7) is 2.43. The molecule has 0 saturated carbocycles. The SMILES string of the molecule is Cc1nc(CCN)nc(-c2cn(C)c3ccccc23)n1. The Hall–Kier alpha value is -2.27. The van der Waals surface area contributed by atoms with E-state index in [9.17, 15) is 0 Å². The van der Waals surface area contributed by atoms with Crippen molar-refractivity contribution in [1.29, 1.82) is 0 Å². The van der Waals surface area contributed by atoms with E-state index in [2.05, 4.69) is 37.8 Å². The summed E-state index contributed by atoms with van der Waals surface area (Å²) >= 11 is 0. The van der Waals surface area contributed by atoms with Crippen molar-refractivity contribution in [3.8, 4) is 11.4 Å². The zero-order valence-electron chi connectivity index (χ0n) is 11.7. The number of nitrogens with zero attached hydrogens (tertiary/aromatic N) is 4. The van der Waals surface area contributed by atoms with Gasteiger partial charge in [0.2, 0.25) is 0 Å². The van der Waals surface area contributed by atoms with Crippen LogP contribution in [0.3, 0.4) is 0 Å². The van der Waals surface area contributed by atoms with Crippen LogP contribution in [0.2, 0.25) is 0 Å². The highest BCUT2D eigenvalue weighted by atomic mass is 15.0. The van der Waals surface area contributed by atoms with Crippen molar-refractivity contribution in [1.82, 2.24) is 19.5 Å². The van der Waals surface area contributed by atoms with Gasteiger partial charge in [-0.05, 0) is 19.5 Å². The van der Waals surface area contributed by atoms with Crippen LogP contribution in [-0.2, 0) is 13.5 Å². The first kappa shape index (κ1) is 12.7. The van der Waals surface area contributed by atoms with Crippen LogP contribution in [0.25, 0.3) is 22.3 Å². The number of hydrogen-bond donors (Lipinski definition) is 1. The molecule has 0 spiro atoms. The second kappa shape index (κ2) is 5.02. The fourth-order valence-electron chi connectivity index (χ4n) is 2.42. The lowest BCUT2D eigenvalue weighted by molar-refractivity contribution is 0.827. The number of benzene rings is 1. The topological polar surface area (TPSA) is 69.6 Å². The summed E-state index contributed by atoms with van der Waals surface area (Å²) in [6, 6.07) is 8.24. The molecule has 3 aromatic rings. The van der Waals surface area contributed by atoms with Gasteiger partial charge in [-0.3, -0.25) is 0 Å². The molecule has 20 heavy (non-hydrogen) atoms. The maximum atomic E-state index is 5.59. The third-order valence-corrected chi connectivity index (χ3v) is 3.30. The van der Waals surface area contributed by atoms with Gasteiger partial charge in [-0.15, -0.1) is 0 Å². The largest absolute Gasteiger partial charge is 0.350 e. The van der Waals surface area contributed by atoms with Crippen molar-refractivity contribution in [2.24, 2.45) is 12.8 Å². The van der Waals surface area contributed by atoms with E-state index in [4.69, 9.17) is 5.73 Å². The molecule has 102 valence electrons. The van der Waals surface area contributed by atoms with Gasteiger partial charge in [-0.25, -0.2) is 15.0 Å². The number of nitrogens with two attached hydrogens (primary N) is 1. The normalized spacial score (nSPS) is 11.2. The molecule has 0 aliphatic heterocycles. The highest BCUT2D eigenvalue weighted by Gasteiger charge is 2.12. The third-order valence-electron chi connectivity index (χ3n) is 3.30. The highest BCUT2D eigenvalue weighted by molar-refractivity contribution is 5.94. The Labute approximate surface area is 117 Å². The van der Waals surface area contributed by atoms with Crippen molar-refractivity contribution in [2.75, 3.05) is 6.54 Å². The van der Waals surface area contributed by atoms with Crippen molar-refractivity contribution in [3.05, 3.63) is 42.1 Å². The Bertz CT molecular complexity index is 760. The summed E-state index contributed by atoms with van der Waals surface area (Å²) in [7, 11) is 2.03. The van der Waals surface area contributed by atoms with Gasteiger partial charge in [0.05, 0.1) is 0 Å². The summed E-state index contributed by atoms with van der Waals surface area (Å²) in [5.74, 6) is 2.20. The monoisotopic (exact) mass is 267 g/mol. The molecule has 0 atom stereocenters. The fraction of sp³-hybridized carbons (Fsp3) is 0.267. The Morgan fingerprint density at radius 1 is 1.15 bits per heavy atom. The quantitative estimate of drug-likeness (QED) is 0.786. The summed E-state index contributed by atoms with van der Waals surface area (Å²) < 4.78 is 2.09. The molecule has 5 heteroatoms. The average Bonchev–Trinajstić information content (AvgIpc) is 2.77. The molecule has 3 rings (SSSR count). The van der Waals surface area contributed by atoms with Gasteiger partial charge in [-0.1, -0.05) is 18.2 Å². The molecule has 0 aliphatic rings. The van der Waals surface area contributed by atoms with E-state index < -0.39 is 0 Å². The number of rotatable bonds is 3. The van der Waals surface area contributed by atoms with Crippen molar-refractivity contribution in [3.63, 3.8) is 0 Å². The lowest BCUT2D eigenvalue weighted by Crippen LogP contribution is -2.09. The Morgan fingerprint density at radius 3 is 2.75 bits per heavy atom. The number of fused-ring (bicyclic) bond motifs is 1. The zero-order valence-corrected chi connectivity index (χ0v) is 11.7. The first-order chi connectivity index (χ1) is 9.69. The molecule has 2 heterocycles. The molecule has 1 aromatic carbocycles. The summed E-state index contributed by atoms with van der Waals surface area (Å²) in [6.07, 6.45) is 2.73. The predicted molar refractivity (Wildman–Crippen MR) is 79.2 cm³/mol. The molecular weight excluding hydrogens is 250 g/mol. The van der Waals surface area contributed by atoms with E-state index in [-0.39, 0.29) is 0 Å². The van der Waals surface area contributed by atoms with Gasteiger partial charge in [-0.2, -0.15) is 0 Å². The fourth-order valence-corrected chi connectivity index (χ4v) is 2.42. The molecule has 0 aliphatic carbocycles. The second-order valence-corrected chi connectivity index (χ2v) is 4.83. The van der Waals surface area contributed by atoms with Crippen LogP contribution in [0.1, 0.15) is 11.6 Å². The van der Waals surface area contributed by atoms with Gasteiger partial charge in [0, 0.05) is 36.1 Å². The predicted octanol–water partition coefficient (Wildman–Crippen LogP) is 1.84. The van der Waals surface area contributed by atoms with Crippen LogP contribution >= 0.6 is 0 Å². The van der Waals surface area contributed by atoms with E-state index in [0.29, 0.717) is 13.0 Å². The van der Waals surface area contributed by atoms with E-state index in [1.165, 1.54) is 5.52 Å². The Morgan fingerprint density at radius 2 is 1.95 bits per heavy atom. The van der Waals surface area contributed by atoms with Crippen LogP contribution in [0.5, 0.6) is 0 Å². The van der Waals surface area contributed by atoms with Crippen molar-refractivity contribution in [2.45, 2.75) is 13.3 Å². The van der Waals surface area contributed by atoms with Crippen LogP contribution in [0.15, 0.2) is 30.5 Å². The molecular formula is C15H17N5. The van der Waals surface area contributed by atoms with E-state index in [1.807, 2.05) is 26.1 Å². The summed E-state index contributed by atoms with van der Waals surface area (Å²) in [5.41, 5.74) is 7.79. The minimum atomic E-state index is 0.540. The maximum Gasteiger partial charge on any atom is 0.165 e. The van der Waals surface area contributed by atoms with Crippen molar-refractivity contribution < 1.29 is 0 Å². The smallest absolute Gasteiger partial charge is 0.165 e. The lowest BCUT2D eigenvalue weighted by Gasteiger charge is -2.03. The second-order valence-electron chi connectivity index (χ2n) is 4.83. The average molecular weight is 267 g/mol. The molecule has 2 aromatic heterocycles. The van der Waals surface area contributed by atoms with Crippen LogP contribution < -0.4 is 5.73 Å². The lowest BCUT2D eigenvalue weighted by atomic mass is 10.1. The van der Waals surface area contributed by atoms with Gasteiger partial charge >= 0.3 is 0 Å². The minimum absolute atomic E-state index is 0.540. The molecule has 5 nitrogen and oxygen atoms in total. The Balaban J connectivity index is 2.20. The standard InChI is InChI=1S/C15H17N5/c1-10-17-14(7-8-16)19-15(18-10)12-9-20(2)13-6-4-3-5-11(12)13/h3-6,9H,7-8,16H2,1-2H3. The molecule has 0 fully saturated rings. The van der Waals surface area contributed by atoms with E-state index >= 15 is 0 Å². The van der Waals surface area contributed by atoms with Crippen LogP contribution in [0.4, 0.5) is 0 Å². The minimum Gasteiger partial charge on any atom is -0.350 e. The molecule has 0 unspecified atom stereocenters. The first-order valence-electron chi connectivity index (χ1n) is 6.65. The highest BCUT2D eigenvalue weighted by Crippen LogP contribution is 2.27. The number of aromatic nitrogens is 4. The summed E-state index contributed by atoms with van der Waals surface area (Å²) in [4.78, 5) is 13.3. The van der Waals surface area contributed by atoms with E-state index in [1.54, 1.807) is 0 Å². The van der Waals surface area contributed by atoms with Gasteiger partial charge < -0.3 is 10.3 Å². The van der Waals surface area contributed by atoms with Gasteiger partial charge in [0.1, 0.15) is 11.6 Å². The van der Waals surface area contributed by atoms with Crippen LogP contribution in [0, 0.1) is 6.92 Å². The number of aryl methyl sites for hydroxylation is 2. The number of hydrogen-bond acceptors (Lipinski definition) is 4. The third kappa shape index (κ3) is 2.16. The Kier molecular flexibility index (Phi) is 3.20. The first-order valence-corrected chi connectivity index (χ1v) is 6.65. The molecule has 0 saturated heterocycles. The molecule has 0 bridgehead atoms. The van der Waals surface area contributed by atoms with E-state index in [0.717, 1.165) is 28.4 Å². The zero-order chi connectivity index (χ0) is 14.1.